The van der Waals surface area contributed by atoms with Crippen LogP contribution in [0.1, 0.15) is 37.8 Å². The first-order valence-corrected chi connectivity index (χ1v) is 9.92. The van der Waals surface area contributed by atoms with Crippen LogP contribution in [0.5, 0.6) is 11.5 Å². The minimum absolute atomic E-state index is 0.120. The maximum Gasteiger partial charge on any atom is 0.231 e. The number of nitrogens with one attached hydrogen (secondary N) is 2. The van der Waals surface area contributed by atoms with E-state index in [1.807, 2.05) is 18.2 Å². The first kappa shape index (κ1) is 17.9. The summed E-state index contributed by atoms with van der Waals surface area (Å²) in [6.07, 6.45) is 3.93. The lowest BCUT2D eigenvalue weighted by molar-refractivity contribution is 0.174. The third-order valence-corrected chi connectivity index (χ3v) is 5.31. The van der Waals surface area contributed by atoms with Crippen molar-refractivity contribution in [1.29, 1.82) is 0 Å². The van der Waals surface area contributed by atoms with Gasteiger partial charge in [0, 0.05) is 30.5 Å². The van der Waals surface area contributed by atoms with Crippen molar-refractivity contribution in [3.63, 3.8) is 0 Å². The third-order valence-electron chi connectivity index (χ3n) is 5.09. The molecular formula is C21H25N3O2S. The fourth-order valence-corrected chi connectivity index (χ4v) is 3.84. The molecule has 0 bridgehead atoms. The Morgan fingerprint density at radius 3 is 2.52 bits per heavy atom. The average molecular weight is 384 g/mol. The van der Waals surface area contributed by atoms with Crippen LogP contribution in [-0.4, -0.2) is 25.0 Å². The molecule has 2 aromatic rings. The van der Waals surface area contributed by atoms with Crippen LogP contribution in [0.25, 0.3) is 0 Å². The number of hydrogen-bond acceptors (Lipinski definition) is 4. The first-order chi connectivity index (χ1) is 13.2. The molecule has 4 rings (SSSR count). The number of thiocarbonyl (C=S) groups is 1. The summed E-state index contributed by atoms with van der Waals surface area (Å²) in [5.41, 5.74) is 3.40. The molecule has 2 aliphatic heterocycles. The Morgan fingerprint density at radius 2 is 1.74 bits per heavy atom. The molecule has 2 aromatic carbocycles. The molecule has 5 nitrogen and oxygen atoms in total. The molecule has 0 aromatic heterocycles. The molecule has 1 unspecified atom stereocenters. The van der Waals surface area contributed by atoms with Gasteiger partial charge in [-0.05, 0) is 68.2 Å². The lowest BCUT2D eigenvalue weighted by Crippen LogP contribution is -2.31. The molecule has 0 radical (unpaired) electrons. The molecule has 142 valence electrons. The average Bonchev–Trinajstić information content (AvgIpc) is 3.16. The van der Waals surface area contributed by atoms with Crippen molar-refractivity contribution in [2.75, 3.05) is 30.1 Å². The van der Waals surface area contributed by atoms with Gasteiger partial charge < -0.3 is 25.0 Å². The fraction of sp³-hybridized carbons (Fsp3) is 0.381. The van der Waals surface area contributed by atoms with E-state index in [-0.39, 0.29) is 12.8 Å². The predicted molar refractivity (Wildman–Crippen MR) is 113 cm³/mol. The highest BCUT2D eigenvalue weighted by Crippen LogP contribution is 2.34. The largest absolute Gasteiger partial charge is 0.454 e. The van der Waals surface area contributed by atoms with Gasteiger partial charge in [-0.25, -0.2) is 0 Å². The smallest absolute Gasteiger partial charge is 0.231 e. The number of rotatable bonds is 4. The van der Waals surface area contributed by atoms with E-state index in [0.717, 1.165) is 30.3 Å². The summed E-state index contributed by atoms with van der Waals surface area (Å²) in [6.45, 7) is 4.71. The highest BCUT2D eigenvalue weighted by Gasteiger charge is 2.15. The molecule has 1 fully saturated rings. The highest BCUT2D eigenvalue weighted by atomic mass is 32.1. The van der Waals surface area contributed by atoms with Gasteiger partial charge in [-0.1, -0.05) is 12.1 Å². The van der Waals surface area contributed by atoms with Gasteiger partial charge in [0.2, 0.25) is 6.79 Å². The second-order valence-corrected chi connectivity index (χ2v) is 7.44. The Hall–Kier alpha value is -2.47. The van der Waals surface area contributed by atoms with E-state index in [4.69, 9.17) is 21.7 Å². The SMILES string of the molecule is CC(NC(=S)Nc1ccc2c(c1)OCO2)c1ccc(N2CCCCC2)cc1. The summed E-state index contributed by atoms with van der Waals surface area (Å²) >= 11 is 5.47. The molecule has 0 spiro atoms. The molecule has 1 saturated heterocycles. The third kappa shape index (κ3) is 4.27. The zero-order chi connectivity index (χ0) is 18.6. The minimum Gasteiger partial charge on any atom is -0.454 e. The van der Waals surface area contributed by atoms with Crippen LogP contribution < -0.4 is 25.0 Å². The summed E-state index contributed by atoms with van der Waals surface area (Å²) in [6, 6.07) is 14.6. The van der Waals surface area contributed by atoms with Crippen molar-refractivity contribution < 1.29 is 9.47 Å². The van der Waals surface area contributed by atoms with Crippen LogP contribution >= 0.6 is 12.2 Å². The van der Waals surface area contributed by atoms with Crippen molar-refractivity contribution in [3.05, 3.63) is 48.0 Å². The lowest BCUT2D eigenvalue weighted by Gasteiger charge is -2.29. The Labute approximate surface area is 165 Å². The molecular weight excluding hydrogens is 358 g/mol. The maximum absolute atomic E-state index is 5.47. The summed E-state index contributed by atoms with van der Waals surface area (Å²) < 4.78 is 10.7. The number of fused-ring (bicyclic) bond motifs is 1. The molecule has 0 amide bonds. The monoisotopic (exact) mass is 383 g/mol. The van der Waals surface area contributed by atoms with Crippen molar-refractivity contribution in [1.82, 2.24) is 5.32 Å². The van der Waals surface area contributed by atoms with Crippen molar-refractivity contribution in [3.8, 4) is 11.5 Å². The summed E-state index contributed by atoms with van der Waals surface area (Å²) in [4.78, 5) is 2.47. The Balaban J connectivity index is 1.34. The Bertz CT molecular complexity index is 804. The van der Waals surface area contributed by atoms with Crippen LogP contribution in [0.15, 0.2) is 42.5 Å². The molecule has 27 heavy (non-hydrogen) atoms. The molecule has 0 saturated carbocycles. The quantitative estimate of drug-likeness (QED) is 0.761. The Morgan fingerprint density at radius 1 is 1.00 bits per heavy atom. The Kier molecular flexibility index (Phi) is 5.34. The van der Waals surface area contributed by atoms with Gasteiger partial charge in [0.25, 0.3) is 0 Å². The van der Waals surface area contributed by atoms with Crippen LogP contribution in [-0.2, 0) is 0 Å². The molecule has 2 N–H and O–H groups in total. The number of piperidine rings is 1. The second-order valence-electron chi connectivity index (χ2n) is 7.03. The van der Waals surface area contributed by atoms with Crippen LogP contribution in [0, 0.1) is 0 Å². The van der Waals surface area contributed by atoms with E-state index < -0.39 is 0 Å². The normalized spacial score (nSPS) is 16.7. The fourth-order valence-electron chi connectivity index (χ4n) is 3.55. The first-order valence-electron chi connectivity index (χ1n) is 9.51. The molecule has 6 heteroatoms. The standard InChI is InChI=1S/C21H25N3O2S/c1-15(16-5-8-18(9-6-16)24-11-3-2-4-12-24)22-21(27)23-17-7-10-19-20(13-17)26-14-25-19/h5-10,13,15H,2-4,11-12,14H2,1H3,(H2,22,23,27). The van der Waals surface area contributed by atoms with E-state index in [1.165, 1.54) is 30.5 Å². The minimum atomic E-state index is 0.120. The van der Waals surface area contributed by atoms with E-state index in [2.05, 4.69) is 46.7 Å². The summed E-state index contributed by atoms with van der Waals surface area (Å²) in [7, 11) is 0. The van der Waals surface area contributed by atoms with Gasteiger partial charge in [-0.15, -0.1) is 0 Å². The van der Waals surface area contributed by atoms with Gasteiger partial charge in [0.15, 0.2) is 16.6 Å². The van der Waals surface area contributed by atoms with Gasteiger partial charge in [0.05, 0.1) is 6.04 Å². The van der Waals surface area contributed by atoms with Crippen molar-refractivity contribution in [2.24, 2.45) is 0 Å². The van der Waals surface area contributed by atoms with Crippen LogP contribution in [0.2, 0.25) is 0 Å². The molecule has 1 atom stereocenters. The summed E-state index contributed by atoms with van der Waals surface area (Å²) in [5, 5.41) is 7.14. The zero-order valence-corrected chi connectivity index (χ0v) is 16.3. The van der Waals surface area contributed by atoms with Gasteiger partial charge in [-0.2, -0.15) is 0 Å². The highest BCUT2D eigenvalue weighted by molar-refractivity contribution is 7.80. The van der Waals surface area contributed by atoms with E-state index in [0.29, 0.717) is 5.11 Å². The number of nitrogens with zero attached hydrogens (tertiary/aromatic N) is 1. The molecule has 2 aliphatic rings. The second kappa shape index (κ2) is 8.05. The zero-order valence-electron chi connectivity index (χ0n) is 15.5. The number of ether oxygens (including phenoxy) is 2. The van der Waals surface area contributed by atoms with E-state index in [1.54, 1.807) is 0 Å². The predicted octanol–water partition coefficient (Wildman–Crippen LogP) is 4.45. The molecule has 2 heterocycles. The van der Waals surface area contributed by atoms with Crippen LogP contribution in [0.4, 0.5) is 11.4 Å². The maximum atomic E-state index is 5.47. The summed E-state index contributed by atoms with van der Waals surface area (Å²) in [5.74, 6) is 1.51. The van der Waals surface area contributed by atoms with Gasteiger partial charge in [-0.3, -0.25) is 0 Å². The van der Waals surface area contributed by atoms with Gasteiger partial charge in [0.1, 0.15) is 0 Å². The van der Waals surface area contributed by atoms with E-state index in [9.17, 15) is 0 Å². The van der Waals surface area contributed by atoms with E-state index >= 15 is 0 Å². The van der Waals surface area contributed by atoms with Gasteiger partial charge >= 0.3 is 0 Å². The topological polar surface area (TPSA) is 45.8 Å². The number of benzene rings is 2. The number of hydrogen-bond donors (Lipinski definition) is 2. The van der Waals surface area contributed by atoms with Crippen molar-refractivity contribution in [2.45, 2.75) is 32.2 Å². The number of anilines is 2. The molecule has 0 aliphatic carbocycles. The lowest BCUT2D eigenvalue weighted by atomic mass is 10.1. The van der Waals surface area contributed by atoms with Crippen LogP contribution in [0.3, 0.4) is 0 Å². The van der Waals surface area contributed by atoms with Crippen molar-refractivity contribution >= 4 is 28.7 Å².